The Morgan fingerprint density at radius 1 is 1.19 bits per heavy atom. The molecule has 1 fully saturated rings. The summed E-state index contributed by atoms with van der Waals surface area (Å²) in [5.74, 6) is 1.67. The van der Waals surface area contributed by atoms with Gasteiger partial charge in [-0.25, -0.2) is 0 Å². The number of hydrogen-bond acceptors (Lipinski definition) is 5. The number of rotatable bonds is 7. The van der Waals surface area contributed by atoms with Gasteiger partial charge < -0.3 is 24.6 Å². The van der Waals surface area contributed by atoms with Crippen LogP contribution in [-0.4, -0.2) is 76.7 Å². The Bertz CT molecular complexity index is 592. The molecular formula is C20H33N3O3. The van der Waals surface area contributed by atoms with E-state index in [2.05, 4.69) is 36.3 Å². The Morgan fingerprint density at radius 3 is 2.58 bits per heavy atom. The van der Waals surface area contributed by atoms with E-state index in [0.29, 0.717) is 12.6 Å². The minimum atomic E-state index is 0.0651. The Morgan fingerprint density at radius 2 is 1.92 bits per heavy atom. The molecule has 1 amide bonds. The fraction of sp³-hybridized carbons (Fsp3) is 0.650. The molecule has 1 aromatic rings. The van der Waals surface area contributed by atoms with Crippen LogP contribution in [0, 0.1) is 5.92 Å². The standard InChI is InChI=1S/C20H33N3O3/c1-22(2)17-8-7-16(13-23(3)14-17)20(24)21-11-10-15-6-9-18(25-4)19(12-15)26-5/h6,9,12,16-17H,7-8,10-11,13-14H2,1-5H3,(H,21,24)/t16-,17+/m1/s1. The molecule has 1 aliphatic heterocycles. The lowest BCUT2D eigenvalue weighted by Gasteiger charge is -2.25. The maximum absolute atomic E-state index is 12.6. The van der Waals surface area contributed by atoms with E-state index < -0.39 is 0 Å². The number of methoxy groups -OCH3 is 2. The quantitative estimate of drug-likeness (QED) is 0.798. The molecule has 0 unspecified atom stereocenters. The lowest BCUT2D eigenvalue weighted by atomic mass is 10.0. The van der Waals surface area contributed by atoms with Crippen LogP contribution >= 0.6 is 0 Å². The maximum Gasteiger partial charge on any atom is 0.224 e. The second-order valence-electron chi connectivity index (χ2n) is 7.34. The molecule has 2 atom stereocenters. The van der Waals surface area contributed by atoms with Gasteiger partial charge in [0.15, 0.2) is 11.5 Å². The van der Waals surface area contributed by atoms with Crippen molar-refractivity contribution in [1.82, 2.24) is 15.1 Å². The Hall–Kier alpha value is -1.79. The Labute approximate surface area is 157 Å². The van der Waals surface area contributed by atoms with Crippen LogP contribution in [0.25, 0.3) is 0 Å². The number of likely N-dealkylation sites (tertiary alicyclic amines) is 1. The second kappa shape index (κ2) is 9.78. The van der Waals surface area contributed by atoms with Gasteiger partial charge >= 0.3 is 0 Å². The van der Waals surface area contributed by atoms with Gasteiger partial charge in [-0.05, 0) is 58.1 Å². The fourth-order valence-corrected chi connectivity index (χ4v) is 3.53. The Kier molecular flexibility index (Phi) is 7.72. The highest BCUT2D eigenvalue weighted by Gasteiger charge is 2.27. The van der Waals surface area contributed by atoms with Crippen LogP contribution < -0.4 is 14.8 Å². The van der Waals surface area contributed by atoms with Crippen molar-refractivity contribution in [3.05, 3.63) is 23.8 Å². The molecule has 0 bridgehead atoms. The molecule has 0 saturated carbocycles. The number of amides is 1. The topological polar surface area (TPSA) is 54.0 Å². The van der Waals surface area contributed by atoms with E-state index in [1.54, 1.807) is 14.2 Å². The average molecular weight is 364 g/mol. The molecule has 0 spiro atoms. The number of carbonyl (C=O) groups excluding carboxylic acids is 1. The molecule has 1 heterocycles. The summed E-state index contributed by atoms with van der Waals surface area (Å²) < 4.78 is 10.6. The van der Waals surface area contributed by atoms with Gasteiger partial charge in [0.1, 0.15) is 0 Å². The number of ether oxygens (including phenoxy) is 2. The van der Waals surface area contributed by atoms with Crippen molar-refractivity contribution in [2.45, 2.75) is 25.3 Å². The van der Waals surface area contributed by atoms with Crippen molar-refractivity contribution in [2.24, 2.45) is 5.92 Å². The van der Waals surface area contributed by atoms with Crippen LogP contribution in [0.4, 0.5) is 0 Å². The van der Waals surface area contributed by atoms with Crippen molar-refractivity contribution < 1.29 is 14.3 Å². The first-order valence-electron chi connectivity index (χ1n) is 9.28. The minimum absolute atomic E-state index is 0.0651. The van der Waals surface area contributed by atoms with Crippen molar-refractivity contribution in [3.8, 4) is 11.5 Å². The molecule has 2 rings (SSSR count). The molecule has 1 saturated heterocycles. The number of nitrogens with one attached hydrogen (secondary N) is 1. The summed E-state index contributed by atoms with van der Waals surface area (Å²) in [6.45, 7) is 2.47. The number of nitrogens with zero attached hydrogens (tertiary/aromatic N) is 2. The third kappa shape index (κ3) is 5.61. The zero-order valence-corrected chi connectivity index (χ0v) is 16.7. The van der Waals surface area contributed by atoms with E-state index in [1.807, 2.05) is 18.2 Å². The number of likely N-dealkylation sites (N-methyl/N-ethyl adjacent to an activating group) is 2. The second-order valence-corrected chi connectivity index (χ2v) is 7.34. The van der Waals surface area contributed by atoms with Gasteiger partial charge in [-0.2, -0.15) is 0 Å². The number of benzene rings is 1. The predicted molar refractivity (Wildman–Crippen MR) is 104 cm³/mol. The normalized spacial score (nSPS) is 21.3. The third-order valence-corrected chi connectivity index (χ3v) is 5.16. The molecule has 6 heteroatoms. The molecule has 6 nitrogen and oxygen atoms in total. The summed E-state index contributed by atoms with van der Waals surface area (Å²) in [6, 6.07) is 6.39. The summed E-state index contributed by atoms with van der Waals surface area (Å²) in [6.07, 6.45) is 2.77. The molecule has 0 aliphatic carbocycles. The molecule has 26 heavy (non-hydrogen) atoms. The van der Waals surface area contributed by atoms with Crippen LogP contribution in [-0.2, 0) is 11.2 Å². The van der Waals surface area contributed by atoms with Crippen molar-refractivity contribution in [2.75, 3.05) is 55.0 Å². The average Bonchev–Trinajstić information content (AvgIpc) is 2.83. The number of hydrogen-bond donors (Lipinski definition) is 1. The van der Waals surface area contributed by atoms with Crippen LogP contribution in [0.3, 0.4) is 0 Å². The maximum atomic E-state index is 12.6. The van der Waals surface area contributed by atoms with E-state index in [-0.39, 0.29) is 11.8 Å². The zero-order valence-electron chi connectivity index (χ0n) is 16.7. The third-order valence-electron chi connectivity index (χ3n) is 5.16. The van der Waals surface area contributed by atoms with E-state index in [9.17, 15) is 4.79 Å². The van der Waals surface area contributed by atoms with Crippen LogP contribution in [0.5, 0.6) is 11.5 Å². The highest BCUT2D eigenvalue weighted by atomic mass is 16.5. The SMILES string of the molecule is COc1ccc(CCNC(=O)[C@@H]2CC[C@H](N(C)C)CN(C)C2)cc1OC. The highest BCUT2D eigenvalue weighted by Crippen LogP contribution is 2.27. The Balaban J connectivity index is 1.85. The smallest absolute Gasteiger partial charge is 0.224 e. The lowest BCUT2D eigenvalue weighted by molar-refractivity contribution is -0.125. The zero-order chi connectivity index (χ0) is 19.1. The lowest BCUT2D eigenvalue weighted by Crippen LogP contribution is -2.39. The van der Waals surface area contributed by atoms with Crippen LogP contribution in [0.2, 0.25) is 0 Å². The van der Waals surface area contributed by atoms with E-state index in [4.69, 9.17) is 9.47 Å². The summed E-state index contributed by atoms with van der Waals surface area (Å²) in [5, 5.41) is 3.11. The fourth-order valence-electron chi connectivity index (χ4n) is 3.53. The van der Waals surface area contributed by atoms with Gasteiger partial charge in [-0.1, -0.05) is 6.07 Å². The highest BCUT2D eigenvalue weighted by molar-refractivity contribution is 5.78. The van der Waals surface area contributed by atoms with Gasteiger partial charge in [0.25, 0.3) is 0 Å². The summed E-state index contributed by atoms with van der Waals surface area (Å²) in [7, 11) is 9.59. The minimum Gasteiger partial charge on any atom is -0.493 e. The van der Waals surface area contributed by atoms with E-state index >= 15 is 0 Å². The molecule has 0 aromatic heterocycles. The van der Waals surface area contributed by atoms with Crippen molar-refractivity contribution in [3.63, 3.8) is 0 Å². The van der Waals surface area contributed by atoms with Crippen molar-refractivity contribution in [1.29, 1.82) is 0 Å². The molecule has 146 valence electrons. The first-order valence-corrected chi connectivity index (χ1v) is 9.28. The summed E-state index contributed by atoms with van der Waals surface area (Å²) in [5.41, 5.74) is 1.12. The molecule has 0 radical (unpaired) electrons. The molecule has 1 aromatic carbocycles. The van der Waals surface area contributed by atoms with Gasteiger partial charge in [-0.15, -0.1) is 0 Å². The summed E-state index contributed by atoms with van der Waals surface area (Å²) in [4.78, 5) is 17.1. The van der Waals surface area contributed by atoms with Gasteiger partial charge in [-0.3, -0.25) is 4.79 Å². The first kappa shape index (κ1) is 20.5. The van der Waals surface area contributed by atoms with Crippen LogP contribution in [0.15, 0.2) is 18.2 Å². The largest absolute Gasteiger partial charge is 0.493 e. The molecule has 1 N–H and O–H groups in total. The van der Waals surface area contributed by atoms with E-state index in [0.717, 1.165) is 49.4 Å². The van der Waals surface area contributed by atoms with Crippen molar-refractivity contribution >= 4 is 5.91 Å². The number of carbonyl (C=O) groups is 1. The predicted octanol–water partition coefficient (Wildman–Crippen LogP) is 1.63. The molecular weight excluding hydrogens is 330 g/mol. The summed E-state index contributed by atoms with van der Waals surface area (Å²) >= 11 is 0. The van der Waals surface area contributed by atoms with Gasteiger partial charge in [0.2, 0.25) is 5.91 Å². The van der Waals surface area contributed by atoms with Crippen LogP contribution in [0.1, 0.15) is 18.4 Å². The monoisotopic (exact) mass is 363 g/mol. The molecule has 1 aliphatic rings. The van der Waals surface area contributed by atoms with Gasteiger partial charge in [0, 0.05) is 25.7 Å². The van der Waals surface area contributed by atoms with Gasteiger partial charge in [0.05, 0.1) is 20.1 Å². The first-order chi connectivity index (χ1) is 12.4. The van der Waals surface area contributed by atoms with E-state index in [1.165, 1.54) is 0 Å².